The summed E-state index contributed by atoms with van der Waals surface area (Å²) in [7, 11) is 0. The molecular weight excluding hydrogens is 412 g/mol. The second-order valence-corrected chi connectivity index (χ2v) is 7.73. The summed E-state index contributed by atoms with van der Waals surface area (Å²) in [6.07, 6.45) is 1.06. The number of para-hydroxylation sites is 1. The number of amides is 2. The highest BCUT2D eigenvalue weighted by atomic mass is 19.1. The number of rotatable bonds is 7. The average molecular weight is 435 g/mol. The number of hydrogen-bond acceptors (Lipinski definition) is 3. The van der Waals surface area contributed by atoms with E-state index in [2.05, 4.69) is 39.8 Å². The Balaban J connectivity index is 1.23. The first kappa shape index (κ1) is 21.5. The number of anilines is 1. The van der Waals surface area contributed by atoms with Gasteiger partial charge in [0.1, 0.15) is 11.6 Å². The van der Waals surface area contributed by atoms with E-state index in [1.54, 1.807) is 0 Å². The molecule has 0 aliphatic carbocycles. The maximum Gasteiger partial charge on any atom is 0.251 e. The Bertz CT molecular complexity index is 1110. The van der Waals surface area contributed by atoms with E-state index in [-0.39, 0.29) is 12.1 Å². The van der Waals surface area contributed by atoms with E-state index in [0.717, 1.165) is 37.2 Å². The lowest BCUT2D eigenvalue weighted by Crippen LogP contribution is -2.36. The zero-order chi connectivity index (χ0) is 22.5. The van der Waals surface area contributed by atoms with Gasteiger partial charge in [-0.25, -0.2) is 8.78 Å². The first-order valence-electron chi connectivity index (χ1n) is 10.4. The van der Waals surface area contributed by atoms with Gasteiger partial charge < -0.3 is 15.5 Å². The Morgan fingerprint density at radius 3 is 2.31 bits per heavy atom. The Labute approximate surface area is 185 Å². The second kappa shape index (κ2) is 9.60. The molecule has 1 aliphatic rings. The van der Waals surface area contributed by atoms with Gasteiger partial charge in [-0.2, -0.15) is 0 Å². The van der Waals surface area contributed by atoms with Crippen LogP contribution in [0, 0.1) is 11.6 Å². The Hall–Kier alpha value is -3.74. The zero-order valence-corrected chi connectivity index (χ0v) is 17.4. The van der Waals surface area contributed by atoms with Gasteiger partial charge in [0, 0.05) is 37.0 Å². The van der Waals surface area contributed by atoms with Crippen molar-refractivity contribution in [1.29, 1.82) is 0 Å². The second-order valence-electron chi connectivity index (χ2n) is 7.73. The van der Waals surface area contributed by atoms with Crippen molar-refractivity contribution in [2.75, 3.05) is 18.0 Å². The molecule has 0 spiro atoms. The maximum absolute atomic E-state index is 13.2. The molecule has 3 aromatic carbocycles. The number of halogens is 2. The SMILES string of the molecule is O=C(CNC(=O)c1cc(F)cc(F)c1)NCc1ccc(CN2CCc3ccccc32)cc1. The van der Waals surface area contributed by atoms with Crippen molar-refractivity contribution in [3.8, 4) is 0 Å². The number of nitrogens with zero attached hydrogens (tertiary/aromatic N) is 1. The van der Waals surface area contributed by atoms with Crippen molar-refractivity contribution in [2.45, 2.75) is 19.5 Å². The smallest absolute Gasteiger partial charge is 0.251 e. The van der Waals surface area contributed by atoms with Crippen LogP contribution in [0.3, 0.4) is 0 Å². The van der Waals surface area contributed by atoms with E-state index in [0.29, 0.717) is 12.6 Å². The highest BCUT2D eigenvalue weighted by molar-refractivity contribution is 5.96. The third-order valence-electron chi connectivity index (χ3n) is 5.40. The molecule has 0 bridgehead atoms. The van der Waals surface area contributed by atoms with Crippen LogP contribution in [0.1, 0.15) is 27.0 Å². The molecule has 4 rings (SSSR count). The largest absolute Gasteiger partial charge is 0.367 e. The molecule has 2 N–H and O–H groups in total. The van der Waals surface area contributed by atoms with Crippen LogP contribution in [-0.4, -0.2) is 24.9 Å². The average Bonchev–Trinajstić information content (AvgIpc) is 3.19. The van der Waals surface area contributed by atoms with E-state index in [9.17, 15) is 18.4 Å². The number of hydrogen-bond donors (Lipinski definition) is 2. The molecule has 0 unspecified atom stereocenters. The number of carbonyl (C=O) groups excluding carboxylic acids is 2. The van der Waals surface area contributed by atoms with Crippen molar-refractivity contribution >= 4 is 17.5 Å². The van der Waals surface area contributed by atoms with Gasteiger partial charge in [-0.1, -0.05) is 42.5 Å². The summed E-state index contributed by atoms with van der Waals surface area (Å²) >= 11 is 0. The van der Waals surface area contributed by atoms with Gasteiger partial charge in [0.15, 0.2) is 0 Å². The molecule has 2 amide bonds. The quantitative estimate of drug-likeness (QED) is 0.597. The first-order chi connectivity index (χ1) is 15.5. The van der Waals surface area contributed by atoms with Crippen LogP contribution in [0.2, 0.25) is 0 Å². The molecular formula is C25H23F2N3O2. The van der Waals surface area contributed by atoms with Gasteiger partial charge in [0.05, 0.1) is 6.54 Å². The Morgan fingerprint density at radius 2 is 1.56 bits per heavy atom. The lowest BCUT2D eigenvalue weighted by atomic mass is 10.1. The van der Waals surface area contributed by atoms with Crippen LogP contribution < -0.4 is 15.5 Å². The summed E-state index contributed by atoms with van der Waals surface area (Å²) in [5, 5.41) is 5.08. The predicted molar refractivity (Wildman–Crippen MR) is 118 cm³/mol. The summed E-state index contributed by atoms with van der Waals surface area (Å²) in [6, 6.07) is 19.0. The summed E-state index contributed by atoms with van der Waals surface area (Å²) < 4.78 is 26.4. The molecule has 5 nitrogen and oxygen atoms in total. The van der Waals surface area contributed by atoms with Gasteiger partial charge in [0.25, 0.3) is 5.91 Å². The molecule has 1 heterocycles. The molecule has 0 saturated heterocycles. The van der Waals surface area contributed by atoms with E-state index < -0.39 is 23.4 Å². The third kappa shape index (κ3) is 5.29. The van der Waals surface area contributed by atoms with Crippen molar-refractivity contribution in [1.82, 2.24) is 10.6 Å². The van der Waals surface area contributed by atoms with Gasteiger partial charge >= 0.3 is 0 Å². The molecule has 0 radical (unpaired) electrons. The number of carbonyl (C=O) groups is 2. The fourth-order valence-corrected chi connectivity index (χ4v) is 3.76. The lowest BCUT2D eigenvalue weighted by Gasteiger charge is -2.19. The summed E-state index contributed by atoms with van der Waals surface area (Å²) in [6.45, 7) is 1.86. The van der Waals surface area contributed by atoms with Crippen molar-refractivity contribution in [3.63, 3.8) is 0 Å². The van der Waals surface area contributed by atoms with Crippen molar-refractivity contribution < 1.29 is 18.4 Å². The minimum absolute atomic E-state index is 0.175. The molecule has 0 aromatic heterocycles. The molecule has 32 heavy (non-hydrogen) atoms. The van der Waals surface area contributed by atoms with E-state index in [1.807, 2.05) is 24.3 Å². The van der Waals surface area contributed by atoms with Crippen LogP contribution in [-0.2, 0) is 24.3 Å². The lowest BCUT2D eigenvalue weighted by molar-refractivity contribution is -0.120. The van der Waals surface area contributed by atoms with Crippen LogP contribution >= 0.6 is 0 Å². The molecule has 7 heteroatoms. The van der Waals surface area contributed by atoms with E-state index in [4.69, 9.17) is 0 Å². The highest BCUT2D eigenvalue weighted by Crippen LogP contribution is 2.28. The van der Waals surface area contributed by atoms with Gasteiger partial charge in [-0.05, 0) is 41.3 Å². The first-order valence-corrected chi connectivity index (χ1v) is 10.4. The normalized spacial score (nSPS) is 12.4. The van der Waals surface area contributed by atoms with Crippen LogP contribution in [0.25, 0.3) is 0 Å². The molecule has 164 valence electrons. The number of nitrogens with one attached hydrogen (secondary N) is 2. The van der Waals surface area contributed by atoms with Crippen LogP contribution in [0.5, 0.6) is 0 Å². The fraction of sp³-hybridized carbons (Fsp3) is 0.200. The van der Waals surface area contributed by atoms with Crippen molar-refractivity contribution in [3.05, 3.63) is 101 Å². The Kier molecular flexibility index (Phi) is 6.44. The minimum atomic E-state index is -0.850. The van der Waals surface area contributed by atoms with E-state index in [1.165, 1.54) is 16.8 Å². The molecule has 0 fully saturated rings. The van der Waals surface area contributed by atoms with Gasteiger partial charge in [-0.3, -0.25) is 9.59 Å². The summed E-state index contributed by atoms with van der Waals surface area (Å²) in [4.78, 5) is 26.3. The fourth-order valence-electron chi connectivity index (χ4n) is 3.76. The summed E-state index contributed by atoms with van der Waals surface area (Å²) in [5.74, 6) is -2.81. The molecule has 3 aromatic rings. The third-order valence-corrected chi connectivity index (χ3v) is 5.40. The highest BCUT2D eigenvalue weighted by Gasteiger charge is 2.18. The van der Waals surface area contributed by atoms with Crippen LogP contribution in [0.4, 0.5) is 14.5 Å². The standard InChI is InChI=1S/C25H23F2N3O2/c26-21-11-20(12-22(27)13-21)25(32)29-15-24(31)28-14-17-5-7-18(8-6-17)16-30-10-9-19-3-1-2-4-23(19)30/h1-8,11-13H,9-10,14-16H2,(H,28,31)(H,29,32). The van der Waals surface area contributed by atoms with Gasteiger partial charge in [-0.15, -0.1) is 0 Å². The molecule has 1 aliphatic heterocycles. The monoisotopic (exact) mass is 435 g/mol. The maximum atomic E-state index is 13.2. The topological polar surface area (TPSA) is 61.4 Å². The number of benzene rings is 3. The minimum Gasteiger partial charge on any atom is -0.367 e. The van der Waals surface area contributed by atoms with Crippen molar-refractivity contribution in [2.24, 2.45) is 0 Å². The molecule has 0 saturated carbocycles. The molecule has 0 atom stereocenters. The summed E-state index contributed by atoms with van der Waals surface area (Å²) in [5.41, 5.74) is 4.61. The predicted octanol–water partition coefficient (Wildman–Crippen LogP) is 3.57. The Morgan fingerprint density at radius 1 is 0.875 bits per heavy atom. The number of fused-ring (bicyclic) bond motifs is 1. The zero-order valence-electron chi connectivity index (χ0n) is 17.4. The van der Waals surface area contributed by atoms with Crippen LogP contribution in [0.15, 0.2) is 66.7 Å². The van der Waals surface area contributed by atoms with E-state index >= 15 is 0 Å². The van der Waals surface area contributed by atoms with Gasteiger partial charge in [0.2, 0.25) is 5.91 Å².